The molecule has 1 amide bonds. The van der Waals surface area contributed by atoms with Crippen LogP contribution in [0.15, 0.2) is 20.4 Å². The smallest absolute Gasteiger partial charge is 0.254 e. The lowest BCUT2D eigenvalue weighted by molar-refractivity contribution is 0.0799. The zero-order valence-corrected chi connectivity index (χ0v) is 11.1. The van der Waals surface area contributed by atoms with Gasteiger partial charge in [0.2, 0.25) is 0 Å². The highest BCUT2D eigenvalue weighted by Crippen LogP contribution is 2.21. The number of hydrogen-bond donors (Lipinski definition) is 2. The molecular weight excluding hydrogens is 294 g/mol. The van der Waals surface area contributed by atoms with E-state index in [-0.39, 0.29) is 11.7 Å². The van der Waals surface area contributed by atoms with Crippen molar-refractivity contribution in [3.05, 3.63) is 20.8 Å². The molecule has 1 rings (SSSR count). The molecule has 0 aliphatic carbocycles. The molecule has 7 heteroatoms. The number of hydrogen-bond acceptors (Lipinski definition) is 4. The Bertz CT molecular complexity index is 405. The van der Waals surface area contributed by atoms with E-state index < -0.39 is 0 Å². The SMILES string of the molecule is CN(CCC(N)=NO)C(=O)c1csc(Br)c1. The van der Waals surface area contributed by atoms with Gasteiger partial charge in [-0.25, -0.2) is 0 Å². The highest BCUT2D eigenvalue weighted by Gasteiger charge is 2.13. The van der Waals surface area contributed by atoms with E-state index in [9.17, 15) is 4.79 Å². The highest BCUT2D eigenvalue weighted by atomic mass is 79.9. The van der Waals surface area contributed by atoms with E-state index >= 15 is 0 Å². The molecule has 88 valence electrons. The van der Waals surface area contributed by atoms with Gasteiger partial charge in [-0.3, -0.25) is 4.79 Å². The second-order valence-corrected chi connectivity index (χ2v) is 5.50. The van der Waals surface area contributed by atoms with Crippen molar-refractivity contribution in [2.45, 2.75) is 6.42 Å². The average Bonchev–Trinajstić information content (AvgIpc) is 2.71. The molecule has 0 saturated carbocycles. The Balaban J connectivity index is 2.54. The number of oxime groups is 1. The van der Waals surface area contributed by atoms with Gasteiger partial charge in [-0.2, -0.15) is 0 Å². The van der Waals surface area contributed by atoms with Crippen LogP contribution in [-0.2, 0) is 0 Å². The van der Waals surface area contributed by atoms with E-state index in [4.69, 9.17) is 10.9 Å². The second-order valence-electron chi connectivity index (χ2n) is 3.21. The third-order valence-corrected chi connectivity index (χ3v) is 3.50. The first kappa shape index (κ1) is 13.0. The number of rotatable bonds is 4. The maximum Gasteiger partial charge on any atom is 0.254 e. The summed E-state index contributed by atoms with van der Waals surface area (Å²) >= 11 is 4.76. The summed E-state index contributed by atoms with van der Waals surface area (Å²) in [6.45, 7) is 0.419. The van der Waals surface area contributed by atoms with Gasteiger partial charge < -0.3 is 15.8 Å². The topological polar surface area (TPSA) is 78.9 Å². The number of amidine groups is 1. The van der Waals surface area contributed by atoms with Crippen molar-refractivity contribution in [1.29, 1.82) is 0 Å². The van der Waals surface area contributed by atoms with E-state index in [1.165, 1.54) is 16.2 Å². The van der Waals surface area contributed by atoms with Crippen molar-refractivity contribution in [2.24, 2.45) is 10.9 Å². The Morgan fingerprint density at radius 2 is 2.44 bits per heavy atom. The molecule has 0 spiro atoms. The first-order valence-electron chi connectivity index (χ1n) is 4.50. The van der Waals surface area contributed by atoms with Crippen molar-refractivity contribution in [3.8, 4) is 0 Å². The van der Waals surface area contributed by atoms with Crippen LogP contribution in [0, 0.1) is 0 Å². The van der Waals surface area contributed by atoms with Crippen LogP contribution in [0.5, 0.6) is 0 Å². The van der Waals surface area contributed by atoms with E-state index in [0.717, 1.165) is 3.79 Å². The lowest BCUT2D eigenvalue weighted by Crippen LogP contribution is -2.30. The maximum atomic E-state index is 11.8. The van der Waals surface area contributed by atoms with E-state index in [1.807, 2.05) is 0 Å². The van der Waals surface area contributed by atoms with Crippen molar-refractivity contribution in [2.75, 3.05) is 13.6 Å². The summed E-state index contributed by atoms with van der Waals surface area (Å²) in [5.74, 6) is 0.0406. The van der Waals surface area contributed by atoms with Crippen LogP contribution < -0.4 is 5.73 Å². The molecule has 0 radical (unpaired) electrons. The van der Waals surface area contributed by atoms with Crippen molar-refractivity contribution < 1.29 is 10.0 Å². The molecule has 1 aromatic heterocycles. The molecule has 0 aliphatic rings. The van der Waals surface area contributed by atoms with E-state index in [2.05, 4.69) is 21.1 Å². The Kier molecular flexibility index (Phi) is 4.75. The molecule has 0 aromatic carbocycles. The zero-order chi connectivity index (χ0) is 12.1. The minimum Gasteiger partial charge on any atom is -0.409 e. The van der Waals surface area contributed by atoms with E-state index in [0.29, 0.717) is 18.5 Å². The molecule has 0 saturated heterocycles. The van der Waals surface area contributed by atoms with Gasteiger partial charge in [0.05, 0.1) is 9.35 Å². The fraction of sp³-hybridized carbons (Fsp3) is 0.333. The van der Waals surface area contributed by atoms with Crippen molar-refractivity contribution in [1.82, 2.24) is 4.90 Å². The summed E-state index contributed by atoms with van der Waals surface area (Å²) in [6, 6.07) is 1.77. The largest absolute Gasteiger partial charge is 0.409 e. The molecule has 0 atom stereocenters. The molecule has 0 bridgehead atoms. The van der Waals surface area contributed by atoms with Gasteiger partial charge in [-0.05, 0) is 22.0 Å². The fourth-order valence-corrected chi connectivity index (χ4v) is 2.21. The Morgan fingerprint density at radius 3 is 2.94 bits per heavy atom. The number of halogens is 1. The zero-order valence-electron chi connectivity index (χ0n) is 8.68. The van der Waals surface area contributed by atoms with E-state index in [1.54, 1.807) is 18.5 Å². The third kappa shape index (κ3) is 3.49. The summed E-state index contributed by atoms with van der Waals surface area (Å²) in [7, 11) is 1.68. The molecule has 1 heterocycles. The standard InChI is InChI=1S/C9H12BrN3O2S/c1-13(3-2-8(11)12-15)9(14)6-4-7(10)16-5-6/h4-5,15H,2-3H2,1H3,(H2,11,12). The highest BCUT2D eigenvalue weighted by molar-refractivity contribution is 9.11. The first-order chi connectivity index (χ1) is 7.54. The monoisotopic (exact) mass is 305 g/mol. The molecule has 0 fully saturated rings. The van der Waals surface area contributed by atoms with Crippen LogP contribution in [-0.4, -0.2) is 35.4 Å². The minimum absolute atomic E-state index is 0.0762. The lowest BCUT2D eigenvalue weighted by atomic mass is 10.3. The molecule has 0 aliphatic heterocycles. The number of carbonyl (C=O) groups excluding carboxylic acids is 1. The Morgan fingerprint density at radius 1 is 1.75 bits per heavy atom. The van der Waals surface area contributed by atoms with Crippen LogP contribution in [0.3, 0.4) is 0 Å². The predicted octanol–water partition coefficient (Wildman–Crippen LogP) is 1.72. The van der Waals surface area contributed by atoms with Crippen LogP contribution >= 0.6 is 27.3 Å². The average molecular weight is 306 g/mol. The Hall–Kier alpha value is -1.08. The fourth-order valence-electron chi connectivity index (χ4n) is 1.08. The summed E-state index contributed by atoms with van der Waals surface area (Å²) in [4.78, 5) is 13.4. The van der Waals surface area contributed by atoms with Crippen LogP contribution in [0.25, 0.3) is 0 Å². The van der Waals surface area contributed by atoms with Gasteiger partial charge in [0.25, 0.3) is 5.91 Å². The first-order valence-corrected chi connectivity index (χ1v) is 6.17. The number of nitrogens with two attached hydrogens (primary N) is 1. The minimum atomic E-state index is -0.0762. The van der Waals surface area contributed by atoms with Gasteiger partial charge in [-0.15, -0.1) is 11.3 Å². The Labute approximate surface area is 106 Å². The lowest BCUT2D eigenvalue weighted by Gasteiger charge is -2.15. The molecule has 5 nitrogen and oxygen atoms in total. The van der Waals surface area contributed by atoms with Crippen molar-refractivity contribution in [3.63, 3.8) is 0 Å². The molecule has 3 N–H and O–H groups in total. The van der Waals surface area contributed by atoms with Crippen molar-refractivity contribution >= 4 is 39.0 Å². The predicted molar refractivity (Wildman–Crippen MR) is 67.0 cm³/mol. The number of amides is 1. The van der Waals surface area contributed by atoms with Gasteiger partial charge in [0.1, 0.15) is 5.84 Å². The van der Waals surface area contributed by atoms with Gasteiger partial charge in [-0.1, -0.05) is 5.16 Å². The van der Waals surface area contributed by atoms with Gasteiger partial charge in [0.15, 0.2) is 0 Å². The maximum absolute atomic E-state index is 11.8. The summed E-state index contributed by atoms with van der Waals surface area (Å²) in [5, 5.41) is 13.0. The molecule has 16 heavy (non-hydrogen) atoms. The summed E-state index contributed by atoms with van der Waals surface area (Å²) in [5.41, 5.74) is 5.96. The molecule has 0 unspecified atom stereocenters. The molecule has 1 aromatic rings. The third-order valence-electron chi connectivity index (χ3n) is 1.99. The summed E-state index contributed by atoms with van der Waals surface area (Å²) < 4.78 is 0.917. The number of nitrogens with zero attached hydrogens (tertiary/aromatic N) is 2. The molecular formula is C9H12BrN3O2S. The van der Waals surface area contributed by atoms with Crippen LogP contribution in [0.2, 0.25) is 0 Å². The number of thiophene rings is 1. The van der Waals surface area contributed by atoms with Gasteiger partial charge in [0, 0.05) is 25.4 Å². The number of carbonyl (C=O) groups is 1. The summed E-state index contributed by atoms with van der Waals surface area (Å²) in [6.07, 6.45) is 0.351. The van der Waals surface area contributed by atoms with Crippen LogP contribution in [0.1, 0.15) is 16.8 Å². The van der Waals surface area contributed by atoms with Crippen LogP contribution in [0.4, 0.5) is 0 Å². The van der Waals surface area contributed by atoms with Gasteiger partial charge >= 0.3 is 0 Å². The quantitative estimate of drug-likeness (QED) is 0.385. The second kappa shape index (κ2) is 5.86. The normalized spacial score (nSPS) is 11.5.